The van der Waals surface area contributed by atoms with Crippen LogP contribution in [0.15, 0.2) is 18.3 Å². The number of morpholine rings is 1. The molecule has 1 unspecified atom stereocenters. The van der Waals surface area contributed by atoms with E-state index >= 15 is 0 Å². The molecule has 0 saturated carbocycles. The van der Waals surface area contributed by atoms with E-state index < -0.39 is 42.7 Å². The number of ether oxygens (including phenoxy) is 2. The fraction of sp³-hybridized carbons (Fsp3) is 0.500. The molecular weight excluding hydrogens is 333 g/mol. The maximum Gasteiger partial charge on any atom is 0.422 e. The van der Waals surface area contributed by atoms with Crippen LogP contribution in [0.3, 0.4) is 0 Å². The number of alkyl halides is 3. The number of carboxylic acids is 1. The van der Waals surface area contributed by atoms with Crippen LogP contribution in [0.5, 0.6) is 5.88 Å². The molecule has 1 aromatic rings. The highest BCUT2D eigenvalue weighted by atomic mass is 19.4. The van der Waals surface area contributed by atoms with Gasteiger partial charge >= 0.3 is 12.1 Å². The van der Waals surface area contributed by atoms with Crippen molar-refractivity contribution in [1.29, 1.82) is 0 Å². The van der Waals surface area contributed by atoms with Crippen LogP contribution in [0.4, 0.5) is 13.2 Å². The molecule has 2 atom stereocenters. The first-order valence-electron chi connectivity index (χ1n) is 6.99. The minimum atomic E-state index is -4.57. The molecule has 1 aliphatic rings. The molecule has 1 saturated heterocycles. The van der Waals surface area contributed by atoms with Gasteiger partial charge < -0.3 is 19.5 Å². The van der Waals surface area contributed by atoms with Gasteiger partial charge in [-0.2, -0.15) is 13.2 Å². The van der Waals surface area contributed by atoms with E-state index in [0.717, 1.165) is 0 Å². The average molecular weight is 348 g/mol. The van der Waals surface area contributed by atoms with E-state index in [9.17, 15) is 22.8 Å². The van der Waals surface area contributed by atoms with Gasteiger partial charge in [0.15, 0.2) is 12.7 Å². The fourth-order valence-electron chi connectivity index (χ4n) is 2.24. The van der Waals surface area contributed by atoms with Gasteiger partial charge in [-0.05, 0) is 19.1 Å². The maximum absolute atomic E-state index is 12.5. The van der Waals surface area contributed by atoms with Crippen molar-refractivity contribution in [2.45, 2.75) is 25.3 Å². The van der Waals surface area contributed by atoms with Crippen molar-refractivity contribution in [3.63, 3.8) is 0 Å². The Morgan fingerprint density at radius 2 is 2.17 bits per heavy atom. The normalized spacial score (nSPS) is 21.4. The first-order valence-corrected chi connectivity index (χ1v) is 6.99. The number of hydrogen-bond acceptors (Lipinski definition) is 5. The Labute approximate surface area is 135 Å². The maximum atomic E-state index is 12.5. The molecule has 7 nitrogen and oxygen atoms in total. The predicted molar refractivity (Wildman–Crippen MR) is 73.7 cm³/mol. The summed E-state index contributed by atoms with van der Waals surface area (Å²) < 4.78 is 46.7. The van der Waals surface area contributed by atoms with Gasteiger partial charge in [-0.3, -0.25) is 4.79 Å². The first kappa shape index (κ1) is 18.0. The summed E-state index contributed by atoms with van der Waals surface area (Å²) in [5.74, 6) is -2.34. The lowest BCUT2D eigenvalue weighted by atomic mass is 10.1. The van der Waals surface area contributed by atoms with Crippen molar-refractivity contribution < 1.29 is 37.3 Å². The van der Waals surface area contributed by atoms with Crippen molar-refractivity contribution >= 4 is 11.9 Å². The smallest absolute Gasteiger partial charge is 0.422 e. The number of aliphatic carboxylic acids is 1. The summed E-state index contributed by atoms with van der Waals surface area (Å²) in [7, 11) is 0. The highest BCUT2D eigenvalue weighted by Gasteiger charge is 2.35. The zero-order valence-electron chi connectivity index (χ0n) is 12.6. The molecule has 2 heterocycles. The molecule has 1 fully saturated rings. The van der Waals surface area contributed by atoms with E-state index in [1.807, 2.05) is 0 Å². The third-order valence-electron chi connectivity index (χ3n) is 3.20. The van der Waals surface area contributed by atoms with Gasteiger partial charge in [-0.25, -0.2) is 9.78 Å². The Kier molecular flexibility index (Phi) is 5.27. The van der Waals surface area contributed by atoms with Gasteiger partial charge in [0.05, 0.1) is 12.6 Å². The van der Waals surface area contributed by atoms with Gasteiger partial charge in [0, 0.05) is 12.7 Å². The highest BCUT2D eigenvalue weighted by Crippen LogP contribution is 2.23. The SMILES string of the molecule is C[C@@H]1CN(C(=O)c2cccnc2OCC(F)(F)F)CC(C(=O)O)O1. The quantitative estimate of drug-likeness (QED) is 0.883. The molecule has 0 radical (unpaired) electrons. The van der Waals surface area contributed by atoms with Crippen LogP contribution in [-0.4, -0.2) is 64.9 Å². The Hall–Kier alpha value is -2.36. The monoisotopic (exact) mass is 348 g/mol. The molecule has 1 aromatic heterocycles. The van der Waals surface area contributed by atoms with Crippen LogP contribution in [0.1, 0.15) is 17.3 Å². The summed E-state index contributed by atoms with van der Waals surface area (Å²) in [6.45, 7) is -0.0937. The number of nitrogens with zero attached hydrogens (tertiary/aromatic N) is 2. The second kappa shape index (κ2) is 7.04. The lowest BCUT2D eigenvalue weighted by Gasteiger charge is -2.35. The van der Waals surface area contributed by atoms with Gasteiger partial charge in [0.1, 0.15) is 5.56 Å². The minimum Gasteiger partial charge on any atom is -0.479 e. The third kappa shape index (κ3) is 4.57. The van der Waals surface area contributed by atoms with Crippen LogP contribution < -0.4 is 4.74 Å². The molecule has 2 rings (SSSR count). The molecule has 0 spiro atoms. The van der Waals surface area contributed by atoms with Crippen LogP contribution in [0.25, 0.3) is 0 Å². The third-order valence-corrected chi connectivity index (χ3v) is 3.20. The molecule has 1 aliphatic heterocycles. The molecule has 0 aliphatic carbocycles. The predicted octanol–water partition coefficient (Wildman–Crippen LogP) is 1.34. The number of pyridine rings is 1. The second-order valence-corrected chi connectivity index (χ2v) is 5.24. The number of rotatable bonds is 4. The van der Waals surface area contributed by atoms with Crippen molar-refractivity contribution in [3.8, 4) is 5.88 Å². The van der Waals surface area contributed by atoms with Crippen molar-refractivity contribution in [2.24, 2.45) is 0 Å². The van der Waals surface area contributed by atoms with Crippen molar-refractivity contribution in [2.75, 3.05) is 19.7 Å². The van der Waals surface area contributed by atoms with Crippen LogP contribution >= 0.6 is 0 Å². The van der Waals surface area contributed by atoms with E-state index in [2.05, 4.69) is 9.72 Å². The van der Waals surface area contributed by atoms with Gasteiger partial charge in [-0.15, -0.1) is 0 Å². The number of halogens is 3. The Bertz CT molecular complexity index is 623. The summed E-state index contributed by atoms with van der Waals surface area (Å²) in [5, 5.41) is 9.03. The Morgan fingerprint density at radius 3 is 2.79 bits per heavy atom. The van der Waals surface area contributed by atoms with E-state index in [1.54, 1.807) is 6.92 Å². The zero-order chi connectivity index (χ0) is 17.9. The minimum absolute atomic E-state index is 0.107. The Balaban J connectivity index is 2.18. The molecule has 0 aromatic carbocycles. The number of carbonyl (C=O) groups is 2. The fourth-order valence-corrected chi connectivity index (χ4v) is 2.24. The van der Waals surface area contributed by atoms with Gasteiger partial charge in [0.2, 0.25) is 5.88 Å². The van der Waals surface area contributed by atoms with E-state index in [-0.39, 0.29) is 18.7 Å². The van der Waals surface area contributed by atoms with Crippen LogP contribution in [-0.2, 0) is 9.53 Å². The largest absolute Gasteiger partial charge is 0.479 e. The summed E-state index contributed by atoms with van der Waals surface area (Å²) >= 11 is 0. The lowest BCUT2D eigenvalue weighted by molar-refractivity contribution is -0.160. The summed E-state index contributed by atoms with van der Waals surface area (Å²) in [5.41, 5.74) is -0.167. The zero-order valence-corrected chi connectivity index (χ0v) is 12.6. The number of amides is 1. The number of carboxylic acid groups (broad SMARTS) is 1. The second-order valence-electron chi connectivity index (χ2n) is 5.24. The summed E-state index contributed by atoms with van der Waals surface area (Å²) in [4.78, 5) is 28.4. The lowest BCUT2D eigenvalue weighted by Crippen LogP contribution is -2.51. The van der Waals surface area contributed by atoms with Crippen molar-refractivity contribution in [1.82, 2.24) is 9.88 Å². The van der Waals surface area contributed by atoms with E-state index in [4.69, 9.17) is 9.84 Å². The Morgan fingerprint density at radius 1 is 1.46 bits per heavy atom. The number of carbonyl (C=O) groups excluding carboxylic acids is 1. The summed E-state index contributed by atoms with van der Waals surface area (Å²) in [6.07, 6.45) is -5.10. The van der Waals surface area contributed by atoms with Crippen LogP contribution in [0.2, 0.25) is 0 Å². The number of aromatic nitrogens is 1. The highest BCUT2D eigenvalue weighted by molar-refractivity contribution is 5.96. The molecule has 10 heteroatoms. The van der Waals surface area contributed by atoms with E-state index in [0.29, 0.717) is 0 Å². The molecule has 24 heavy (non-hydrogen) atoms. The number of hydrogen-bond donors (Lipinski definition) is 1. The molecule has 1 N–H and O–H groups in total. The molecule has 1 amide bonds. The van der Waals surface area contributed by atoms with Gasteiger partial charge in [-0.1, -0.05) is 0 Å². The van der Waals surface area contributed by atoms with Crippen molar-refractivity contribution in [3.05, 3.63) is 23.9 Å². The van der Waals surface area contributed by atoms with Crippen LogP contribution in [0, 0.1) is 0 Å². The molecule has 132 valence electrons. The standard InChI is InChI=1S/C14H15F3N2O5/c1-8-5-19(6-10(24-8)13(21)22)12(20)9-3-2-4-18-11(9)23-7-14(15,16)17/h2-4,8,10H,5-7H2,1H3,(H,21,22)/t8-,10?/m1/s1. The average Bonchev–Trinajstić information content (AvgIpc) is 2.51. The van der Waals surface area contributed by atoms with E-state index in [1.165, 1.54) is 23.2 Å². The first-order chi connectivity index (χ1) is 11.2. The topological polar surface area (TPSA) is 89.0 Å². The molecule has 0 bridgehead atoms. The van der Waals surface area contributed by atoms with Gasteiger partial charge in [0.25, 0.3) is 5.91 Å². The molecular formula is C14H15F3N2O5. The summed E-state index contributed by atoms with van der Waals surface area (Å²) in [6, 6.07) is 2.66.